The number of hydrogen-bond acceptors (Lipinski definition) is 6. The van der Waals surface area contributed by atoms with Crippen LogP contribution in [-0.2, 0) is 15.0 Å². The lowest BCUT2D eigenvalue weighted by atomic mass is 9.76. The summed E-state index contributed by atoms with van der Waals surface area (Å²) in [6, 6.07) is 10.2. The second-order valence-electron chi connectivity index (χ2n) is 6.66. The molecule has 1 atom stereocenters. The van der Waals surface area contributed by atoms with Gasteiger partial charge >= 0.3 is 0 Å². The number of benzene rings is 1. The highest BCUT2D eigenvalue weighted by molar-refractivity contribution is 5.77. The predicted octanol–water partition coefficient (Wildman–Crippen LogP) is 2.67. The fraction of sp³-hybridized carbons (Fsp3) is 0.368. The van der Waals surface area contributed by atoms with Crippen molar-refractivity contribution in [3.8, 4) is 11.6 Å². The van der Waals surface area contributed by atoms with Crippen LogP contribution in [-0.4, -0.2) is 30.8 Å². The molecule has 0 aliphatic carbocycles. The van der Waals surface area contributed by atoms with Crippen LogP contribution in [0.3, 0.4) is 0 Å². The fourth-order valence-electron chi connectivity index (χ4n) is 4.13. The Balaban J connectivity index is 1.75. The minimum Gasteiger partial charge on any atom is -0.462 e. The Morgan fingerprint density at radius 1 is 1.12 bits per heavy atom. The number of fused-ring (bicyclic) bond motifs is 4. The second kappa shape index (κ2) is 5.46. The Morgan fingerprint density at radius 2 is 1.96 bits per heavy atom. The molecule has 0 amide bonds. The number of nitrogens with two attached hydrogens (primary N) is 1. The van der Waals surface area contributed by atoms with Gasteiger partial charge in [0.15, 0.2) is 5.54 Å². The summed E-state index contributed by atoms with van der Waals surface area (Å²) in [6.45, 7) is 1.91. The van der Waals surface area contributed by atoms with Gasteiger partial charge in [-0.1, -0.05) is 18.2 Å². The van der Waals surface area contributed by atoms with Crippen LogP contribution < -0.4 is 10.5 Å². The molecule has 2 aromatic rings. The maximum Gasteiger partial charge on any atom is 0.283 e. The van der Waals surface area contributed by atoms with E-state index in [1.165, 1.54) is 5.56 Å². The Bertz CT molecular complexity index is 861. The molecular formula is C19H19N3O3. The van der Waals surface area contributed by atoms with Crippen molar-refractivity contribution in [2.45, 2.75) is 24.3 Å². The van der Waals surface area contributed by atoms with Crippen LogP contribution in [0.4, 0.5) is 0 Å². The van der Waals surface area contributed by atoms with Crippen LogP contribution in [0, 0.1) is 0 Å². The van der Waals surface area contributed by atoms with Gasteiger partial charge in [-0.2, -0.15) is 0 Å². The average Bonchev–Trinajstić information content (AvgIpc) is 3.04. The van der Waals surface area contributed by atoms with Gasteiger partial charge in [-0.15, -0.1) is 0 Å². The normalized spacial score (nSPS) is 24.9. The summed E-state index contributed by atoms with van der Waals surface area (Å²) in [6.07, 6.45) is 3.77. The summed E-state index contributed by atoms with van der Waals surface area (Å²) in [5, 5.41) is 0. The zero-order valence-electron chi connectivity index (χ0n) is 13.8. The SMILES string of the molecule is NC1=NC2(CO1)c1ccccc1Oc1nccc(C3CCOCC3)c12. The van der Waals surface area contributed by atoms with Crippen molar-refractivity contribution in [2.75, 3.05) is 19.8 Å². The third-order valence-electron chi connectivity index (χ3n) is 5.29. The first-order chi connectivity index (χ1) is 12.3. The average molecular weight is 337 g/mol. The fourth-order valence-corrected chi connectivity index (χ4v) is 4.13. The van der Waals surface area contributed by atoms with Crippen LogP contribution >= 0.6 is 0 Å². The molecule has 1 aromatic heterocycles. The van der Waals surface area contributed by atoms with Crippen molar-refractivity contribution < 1.29 is 14.2 Å². The number of aliphatic imine (C=N–C) groups is 1. The number of pyridine rings is 1. The first-order valence-electron chi connectivity index (χ1n) is 8.60. The first kappa shape index (κ1) is 14.7. The summed E-state index contributed by atoms with van der Waals surface area (Å²) in [5.74, 6) is 1.76. The molecule has 0 bridgehead atoms. The van der Waals surface area contributed by atoms with Gasteiger partial charge in [-0.3, -0.25) is 0 Å². The van der Waals surface area contributed by atoms with E-state index in [1.807, 2.05) is 30.5 Å². The van der Waals surface area contributed by atoms with Gasteiger partial charge in [0, 0.05) is 25.0 Å². The quantitative estimate of drug-likeness (QED) is 0.865. The van der Waals surface area contributed by atoms with Crippen molar-refractivity contribution in [3.05, 3.63) is 53.2 Å². The Labute approximate surface area is 145 Å². The number of hydrogen-bond donors (Lipinski definition) is 1. The molecule has 6 nitrogen and oxygen atoms in total. The van der Waals surface area contributed by atoms with Crippen molar-refractivity contribution in [1.82, 2.24) is 4.98 Å². The van der Waals surface area contributed by atoms with Gasteiger partial charge in [-0.25, -0.2) is 9.98 Å². The van der Waals surface area contributed by atoms with Gasteiger partial charge in [-0.05, 0) is 36.5 Å². The standard InChI is InChI=1S/C19H19N3O3/c20-18-22-19(11-24-18)14-3-1-2-4-15(14)25-17-16(19)13(5-8-21-17)12-6-9-23-10-7-12/h1-5,8,12H,6-7,9-11H2,(H2,20,22). The van der Waals surface area contributed by atoms with Crippen molar-refractivity contribution >= 4 is 6.02 Å². The van der Waals surface area contributed by atoms with E-state index >= 15 is 0 Å². The molecule has 5 rings (SSSR count). The summed E-state index contributed by atoms with van der Waals surface area (Å²) in [7, 11) is 0. The summed E-state index contributed by atoms with van der Waals surface area (Å²) < 4.78 is 17.3. The van der Waals surface area contributed by atoms with Crippen LogP contribution in [0.25, 0.3) is 0 Å². The number of ether oxygens (including phenoxy) is 3. The molecule has 1 aromatic carbocycles. The molecule has 6 heteroatoms. The van der Waals surface area contributed by atoms with Crippen molar-refractivity contribution in [3.63, 3.8) is 0 Å². The zero-order valence-corrected chi connectivity index (χ0v) is 13.8. The lowest BCUT2D eigenvalue weighted by Gasteiger charge is -2.36. The molecule has 1 fully saturated rings. The maximum atomic E-state index is 6.12. The molecule has 2 N–H and O–H groups in total. The van der Waals surface area contributed by atoms with E-state index in [0.29, 0.717) is 18.4 Å². The molecule has 3 aliphatic heterocycles. The highest BCUT2D eigenvalue weighted by atomic mass is 16.5. The number of nitrogens with zero attached hydrogens (tertiary/aromatic N) is 2. The summed E-state index contributed by atoms with van der Waals surface area (Å²) >= 11 is 0. The van der Waals surface area contributed by atoms with E-state index in [1.54, 1.807) is 0 Å². The molecule has 25 heavy (non-hydrogen) atoms. The maximum absolute atomic E-state index is 6.12. The molecule has 1 saturated heterocycles. The Morgan fingerprint density at radius 3 is 2.76 bits per heavy atom. The van der Waals surface area contributed by atoms with Gasteiger partial charge in [0.1, 0.15) is 12.4 Å². The highest BCUT2D eigenvalue weighted by Gasteiger charge is 2.49. The molecule has 4 heterocycles. The van der Waals surface area contributed by atoms with Gasteiger partial charge in [0.2, 0.25) is 5.88 Å². The van der Waals surface area contributed by atoms with E-state index in [0.717, 1.165) is 42.9 Å². The number of para-hydroxylation sites is 1. The monoisotopic (exact) mass is 337 g/mol. The lowest BCUT2D eigenvalue weighted by Crippen LogP contribution is -2.33. The molecule has 0 saturated carbocycles. The molecule has 3 aliphatic rings. The van der Waals surface area contributed by atoms with Gasteiger partial charge in [0.25, 0.3) is 6.02 Å². The molecule has 0 radical (unpaired) electrons. The third-order valence-corrected chi connectivity index (χ3v) is 5.29. The van der Waals surface area contributed by atoms with E-state index in [-0.39, 0.29) is 6.02 Å². The molecule has 1 spiro atoms. The van der Waals surface area contributed by atoms with E-state index in [2.05, 4.69) is 11.1 Å². The minimum absolute atomic E-state index is 0.212. The lowest BCUT2D eigenvalue weighted by molar-refractivity contribution is 0.0847. The number of aromatic nitrogens is 1. The summed E-state index contributed by atoms with van der Waals surface area (Å²) in [5.41, 5.74) is 8.42. The Kier molecular flexibility index (Phi) is 3.21. The molecular weight excluding hydrogens is 318 g/mol. The van der Waals surface area contributed by atoms with Crippen molar-refractivity contribution in [2.24, 2.45) is 10.7 Å². The smallest absolute Gasteiger partial charge is 0.283 e. The zero-order chi connectivity index (χ0) is 16.9. The van der Waals surface area contributed by atoms with Crippen LogP contribution in [0.2, 0.25) is 0 Å². The first-order valence-corrected chi connectivity index (χ1v) is 8.60. The minimum atomic E-state index is -0.684. The van der Waals surface area contributed by atoms with Crippen molar-refractivity contribution in [1.29, 1.82) is 0 Å². The van der Waals surface area contributed by atoms with Crippen LogP contribution in [0.15, 0.2) is 41.5 Å². The van der Waals surface area contributed by atoms with Gasteiger partial charge in [0.05, 0.1) is 5.56 Å². The van der Waals surface area contributed by atoms with Crippen LogP contribution in [0.5, 0.6) is 11.6 Å². The topological polar surface area (TPSA) is 79.0 Å². The van der Waals surface area contributed by atoms with E-state index < -0.39 is 5.54 Å². The van der Waals surface area contributed by atoms with E-state index in [4.69, 9.17) is 24.9 Å². The third kappa shape index (κ3) is 2.14. The van der Waals surface area contributed by atoms with Gasteiger partial charge < -0.3 is 19.9 Å². The van der Waals surface area contributed by atoms with E-state index in [9.17, 15) is 0 Å². The highest BCUT2D eigenvalue weighted by Crippen LogP contribution is 2.52. The van der Waals surface area contributed by atoms with Crippen LogP contribution in [0.1, 0.15) is 35.4 Å². The molecule has 128 valence electrons. The summed E-state index contributed by atoms with van der Waals surface area (Å²) in [4.78, 5) is 9.24. The predicted molar refractivity (Wildman–Crippen MR) is 91.9 cm³/mol. The Hall–Kier alpha value is -2.60. The number of rotatable bonds is 1. The number of amidine groups is 1. The second-order valence-corrected chi connectivity index (χ2v) is 6.66. The largest absolute Gasteiger partial charge is 0.462 e. The molecule has 1 unspecified atom stereocenters.